The van der Waals surface area contributed by atoms with Crippen molar-refractivity contribution in [1.29, 1.82) is 0 Å². The molecule has 2 aromatic rings. The second kappa shape index (κ2) is 13.5. The maximum Gasteiger partial charge on any atom is 0.407 e. The molecule has 1 N–H and O–H groups in total. The topological polar surface area (TPSA) is 77.1 Å². The van der Waals surface area contributed by atoms with E-state index in [9.17, 15) is 9.59 Å². The Bertz CT molecular complexity index is 1010. The Labute approximate surface area is 221 Å². The smallest absolute Gasteiger partial charge is 0.407 e. The van der Waals surface area contributed by atoms with E-state index in [-0.39, 0.29) is 18.2 Å². The second-order valence-electron chi connectivity index (χ2n) is 10.3. The van der Waals surface area contributed by atoms with Crippen molar-refractivity contribution >= 4 is 12.0 Å². The van der Waals surface area contributed by atoms with Gasteiger partial charge in [0.2, 0.25) is 0 Å². The molecule has 0 radical (unpaired) electrons. The van der Waals surface area contributed by atoms with Gasteiger partial charge in [-0.2, -0.15) is 0 Å². The zero-order chi connectivity index (χ0) is 26.8. The standard InChI is InChI=1S/C30H42N2O5/c1-6-7-10-17-36-30(26-12-9-8-11-23(26)4)20-32(21-30)28(33)27(37-29(34)31-19-22(2)3)18-24-13-15-25(35-5)16-14-24/h8-9,11-16,22,27H,6-7,10,17-21H2,1-5H3,(H,31,34). The third-order valence-corrected chi connectivity index (χ3v) is 6.73. The van der Waals surface area contributed by atoms with Crippen LogP contribution in [0.4, 0.5) is 4.79 Å². The molecule has 7 nitrogen and oxygen atoms in total. The maximum absolute atomic E-state index is 13.6. The van der Waals surface area contributed by atoms with Gasteiger partial charge in [0.15, 0.2) is 6.10 Å². The minimum atomic E-state index is -0.935. The van der Waals surface area contributed by atoms with Gasteiger partial charge in [0.25, 0.3) is 5.91 Å². The summed E-state index contributed by atoms with van der Waals surface area (Å²) in [5, 5.41) is 2.76. The van der Waals surface area contributed by atoms with Crippen molar-refractivity contribution < 1.29 is 23.8 Å². The lowest BCUT2D eigenvalue weighted by atomic mass is 9.82. The van der Waals surface area contributed by atoms with E-state index < -0.39 is 17.8 Å². The predicted octanol–water partition coefficient (Wildman–Crippen LogP) is 5.24. The molecule has 202 valence electrons. The molecule has 1 fully saturated rings. The molecule has 0 aromatic heterocycles. The Hall–Kier alpha value is -3.06. The Morgan fingerprint density at radius 2 is 1.76 bits per heavy atom. The summed E-state index contributed by atoms with van der Waals surface area (Å²) < 4.78 is 17.4. The summed E-state index contributed by atoms with van der Waals surface area (Å²) in [5.74, 6) is 0.795. The van der Waals surface area contributed by atoms with E-state index in [1.807, 2.05) is 50.2 Å². The molecule has 1 aliphatic rings. The summed E-state index contributed by atoms with van der Waals surface area (Å²) in [6.45, 7) is 10.2. The van der Waals surface area contributed by atoms with E-state index in [4.69, 9.17) is 14.2 Å². The minimum absolute atomic E-state index is 0.211. The highest BCUT2D eigenvalue weighted by Crippen LogP contribution is 2.38. The van der Waals surface area contributed by atoms with Gasteiger partial charge in [0.1, 0.15) is 11.4 Å². The summed E-state index contributed by atoms with van der Waals surface area (Å²) >= 11 is 0. The van der Waals surface area contributed by atoms with Crippen LogP contribution in [0.15, 0.2) is 48.5 Å². The van der Waals surface area contributed by atoms with Gasteiger partial charge in [-0.25, -0.2) is 4.79 Å². The molecule has 1 atom stereocenters. The first-order valence-corrected chi connectivity index (χ1v) is 13.3. The summed E-state index contributed by atoms with van der Waals surface area (Å²) in [7, 11) is 1.61. The van der Waals surface area contributed by atoms with Crippen LogP contribution in [0.2, 0.25) is 0 Å². The number of hydrogen-bond acceptors (Lipinski definition) is 5. The molecular formula is C30H42N2O5. The third kappa shape index (κ3) is 7.71. The van der Waals surface area contributed by atoms with Crippen molar-refractivity contribution in [3.63, 3.8) is 0 Å². The van der Waals surface area contributed by atoms with E-state index in [0.29, 0.717) is 26.2 Å². The molecule has 2 amide bonds. The molecule has 0 bridgehead atoms. The SMILES string of the molecule is CCCCCOC1(c2ccccc2C)CN(C(=O)C(Cc2ccc(OC)cc2)OC(=O)NCC(C)C)C1. The molecule has 7 heteroatoms. The first kappa shape index (κ1) is 28.5. The number of nitrogens with one attached hydrogen (secondary N) is 1. The molecule has 0 aliphatic carbocycles. The normalized spacial score (nSPS) is 15.1. The fraction of sp³-hybridized carbons (Fsp3) is 0.533. The average molecular weight is 511 g/mol. The number of rotatable bonds is 13. The van der Waals surface area contributed by atoms with Crippen molar-refractivity contribution in [2.24, 2.45) is 5.92 Å². The highest BCUT2D eigenvalue weighted by Gasteiger charge is 2.50. The summed E-state index contributed by atoms with van der Waals surface area (Å²) in [6, 6.07) is 15.6. The zero-order valence-corrected chi connectivity index (χ0v) is 22.9. The number of methoxy groups -OCH3 is 1. The molecule has 1 aliphatic heterocycles. The number of ether oxygens (including phenoxy) is 3. The van der Waals surface area contributed by atoms with Gasteiger partial charge >= 0.3 is 6.09 Å². The fourth-order valence-corrected chi connectivity index (χ4v) is 4.59. The first-order valence-electron chi connectivity index (χ1n) is 13.3. The summed E-state index contributed by atoms with van der Waals surface area (Å²) in [5.41, 5.74) is 2.60. The van der Waals surface area contributed by atoms with E-state index in [1.54, 1.807) is 12.0 Å². The largest absolute Gasteiger partial charge is 0.497 e. The number of likely N-dealkylation sites (tertiary alicyclic amines) is 1. The molecule has 2 aromatic carbocycles. The van der Waals surface area contributed by atoms with Crippen molar-refractivity contribution in [3.8, 4) is 5.75 Å². The minimum Gasteiger partial charge on any atom is -0.497 e. The highest BCUT2D eigenvalue weighted by atomic mass is 16.6. The molecule has 1 heterocycles. The lowest BCUT2D eigenvalue weighted by Crippen LogP contribution is -2.65. The maximum atomic E-state index is 13.6. The molecular weight excluding hydrogens is 468 g/mol. The van der Waals surface area contributed by atoms with Crippen molar-refractivity contribution in [1.82, 2.24) is 10.2 Å². The summed E-state index contributed by atoms with van der Waals surface area (Å²) in [4.78, 5) is 27.9. The van der Waals surface area contributed by atoms with Crippen LogP contribution in [0.25, 0.3) is 0 Å². The van der Waals surface area contributed by atoms with Crippen LogP contribution in [-0.4, -0.2) is 56.4 Å². The van der Waals surface area contributed by atoms with E-state index in [0.717, 1.165) is 41.7 Å². The number of carbonyl (C=O) groups excluding carboxylic acids is 2. The van der Waals surface area contributed by atoms with Crippen LogP contribution in [0.5, 0.6) is 5.75 Å². The highest BCUT2D eigenvalue weighted by molar-refractivity contribution is 5.85. The lowest BCUT2D eigenvalue weighted by molar-refractivity contribution is -0.180. The van der Waals surface area contributed by atoms with E-state index >= 15 is 0 Å². The Morgan fingerprint density at radius 1 is 1.05 bits per heavy atom. The van der Waals surface area contributed by atoms with Gasteiger partial charge in [0, 0.05) is 19.6 Å². The van der Waals surface area contributed by atoms with Crippen LogP contribution in [0.1, 0.15) is 56.7 Å². The van der Waals surface area contributed by atoms with E-state index in [2.05, 4.69) is 31.3 Å². The molecule has 0 spiro atoms. The second-order valence-corrected chi connectivity index (χ2v) is 10.3. The molecule has 1 unspecified atom stereocenters. The van der Waals surface area contributed by atoms with E-state index in [1.165, 1.54) is 0 Å². The van der Waals surface area contributed by atoms with Gasteiger partial charge in [-0.05, 0) is 48.1 Å². The fourth-order valence-electron chi connectivity index (χ4n) is 4.59. The van der Waals surface area contributed by atoms with Crippen LogP contribution < -0.4 is 10.1 Å². The number of benzene rings is 2. The number of hydrogen-bond donors (Lipinski definition) is 1. The number of nitrogens with zero attached hydrogens (tertiary/aromatic N) is 1. The Kier molecular flexibility index (Phi) is 10.4. The van der Waals surface area contributed by atoms with Gasteiger partial charge < -0.3 is 24.4 Å². The van der Waals surface area contributed by atoms with Gasteiger partial charge in [-0.15, -0.1) is 0 Å². The average Bonchev–Trinajstić information content (AvgIpc) is 2.87. The number of unbranched alkanes of at least 4 members (excludes halogenated alkanes) is 2. The number of alkyl carbamates (subject to hydrolysis) is 1. The third-order valence-electron chi connectivity index (χ3n) is 6.73. The van der Waals surface area contributed by atoms with Crippen molar-refractivity contribution in [3.05, 3.63) is 65.2 Å². The van der Waals surface area contributed by atoms with Gasteiger partial charge in [-0.1, -0.05) is 70.0 Å². The van der Waals surface area contributed by atoms with Crippen molar-refractivity contribution in [2.45, 2.75) is 65.1 Å². The monoisotopic (exact) mass is 510 g/mol. The van der Waals surface area contributed by atoms with Gasteiger partial charge in [0.05, 0.1) is 20.2 Å². The van der Waals surface area contributed by atoms with Gasteiger partial charge in [-0.3, -0.25) is 4.79 Å². The quantitative estimate of drug-likeness (QED) is 0.373. The van der Waals surface area contributed by atoms with Crippen LogP contribution >= 0.6 is 0 Å². The lowest BCUT2D eigenvalue weighted by Gasteiger charge is -2.51. The Morgan fingerprint density at radius 3 is 2.38 bits per heavy atom. The predicted molar refractivity (Wildman–Crippen MR) is 145 cm³/mol. The number of amides is 2. The number of carbonyl (C=O) groups is 2. The zero-order valence-electron chi connectivity index (χ0n) is 22.9. The molecule has 1 saturated heterocycles. The molecule has 37 heavy (non-hydrogen) atoms. The first-order chi connectivity index (χ1) is 17.8. The van der Waals surface area contributed by atoms with Crippen LogP contribution in [0, 0.1) is 12.8 Å². The van der Waals surface area contributed by atoms with Crippen LogP contribution in [0.3, 0.4) is 0 Å². The molecule has 0 saturated carbocycles. The summed E-state index contributed by atoms with van der Waals surface area (Å²) in [6.07, 6.45) is 1.97. The Balaban J connectivity index is 1.76. The van der Waals surface area contributed by atoms with Crippen LogP contribution in [-0.2, 0) is 26.3 Å². The molecule has 3 rings (SSSR count). The van der Waals surface area contributed by atoms with Crippen molar-refractivity contribution in [2.75, 3.05) is 33.4 Å². The number of aryl methyl sites for hydroxylation is 1.